The van der Waals surface area contributed by atoms with Gasteiger partial charge >= 0.3 is 0 Å². The van der Waals surface area contributed by atoms with Gasteiger partial charge in [0.05, 0.1) is 5.25 Å². The SMILES string of the molecule is C[C@@H](Sc1ccc(F)c(F)c1)C(=O)Nc1ccc2c(c1)CCC2. The van der Waals surface area contributed by atoms with Crippen molar-refractivity contribution in [1.82, 2.24) is 0 Å². The third-order valence-electron chi connectivity index (χ3n) is 3.94. The van der Waals surface area contributed by atoms with Crippen molar-refractivity contribution in [3.05, 3.63) is 59.2 Å². The lowest BCUT2D eigenvalue weighted by Gasteiger charge is -2.13. The molecule has 1 atom stereocenters. The molecule has 1 aliphatic carbocycles. The van der Waals surface area contributed by atoms with Gasteiger partial charge in [0.15, 0.2) is 11.6 Å². The minimum Gasteiger partial charge on any atom is -0.325 e. The molecule has 0 spiro atoms. The highest BCUT2D eigenvalue weighted by atomic mass is 32.2. The number of carbonyl (C=O) groups is 1. The number of rotatable bonds is 4. The first kappa shape index (κ1) is 16.0. The normalized spacial score (nSPS) is 14.4. The minimum absolute atomic E-state index is 0.155. The highest BCUT2D eigenvalue weighted by molar-refractivity contribution is 8.00. The molecule has 0 heterocycles. The molecule has 0 saturated carbocycles. The van der Waals surface area contributed by atoms with Crippen LogP contribution < -0.4 is 5.32 Å². The molecule has 120 valence electrons. The van der Waals surface area contributed by atoms with Crippen LogP contribution >= 0.6 is 11.8 Å². The van der Waals surface area contributed by atoms with E-state index in [1.807, 2.05) is 12.1 Å². The van der Waals surface area contributed by atoms with E-state index >= 15 is 0 Å². The molecule has 2 aromatic rings. The van der Waals surface area contributed by atoms with Gasteiger partial charge in [0.2, 0.25) is 5.91 Å². The predicted octanol–water partition coefficient (Wildman–Crippen LogP) is 4.57. The summed E-state index contributed by atoms with van der Waals surface area (Å²) < 4.78 is 26.1. The molecule has 1 aliphatic rings. The van der Waals surface area contributed by atoms with Gasteiger partial charge in [-0.2, -0.15) is 0 Å². The van der Waals surface area contributed by atoms with E-state index in [1.54, 1.807) is 6.92 Å². The van der Waals surface area contributed by atoms with Crippen molar-refractivity contribution >= 4 is 23.4 Å². The van der Waals surface area contributed by atoms with Crippen molar-refractivity contribution in [1.29, 1.82) is 0 Å². The Hall–Kier alpha value is -1.88. The number of fused-ring (bicyclic) bond motifs is 1. The summed E-state index contributed by atoms with van der Waals surface area (Å²) >= 11 is 1.20. The maximum Gasteiger partial charge on any atom is 0.237 e. The van der Waals surface area contributed by atoms with Crippen LogP contribution in [0.4, 0.5) is 14.5 Å². The van der Waals surface area contributed by atoms with E-state index in [-0.39, 0.29) is 5.91 Å². The molecule has 2 nitrogen and oxygen atoms in total. The van der Waals surface area contributed by atoms with Gasteiger partial charge in [0, 0.05) is 10.6 Å². The van der Waals surface area contributed by atoms with Gasteiger partial charge < -0.3 is 5.32 Å². The van der Waals surface area contributed by atoms with Gasteiger partial charge in [0.25, 0.3) is 0 Å². The maximum absolute atomic E-state index is 13.2. The molecular weight excluding hydrogens is 316 g/mol. The summed E-state index contributed by atoms with van der Waals surface area (Å²) in [6.45, 7) is 1.74. The molecule has 0 aromatic heterocycles. The molecule has 0 saturated heterocycles. The van der Waals surface area contributed by atoms with Crippen LogP contribution in [0, 0.1) is 11.6 Å². The Labute approximate surface area is 138 Å². The summed E-state index contributed by atoms with van der Waals surface area (Å²) in [5.74, 6) is -1.94. The maximum atomic E-state index is 13.2. The third kappa shape index (κ3) is 3.72. The van der Waals surface area contributed by atoms with Crippen molar-refractivity contribution in [2.24, 2.45) is 0 Å². The van der Waals surface area contributed by atoms with Crippen molar-refractivity contribution < 1.29 is 13.6 Å². The molecule has 2 aromatic carbocycles. The van der Waals surface area contributed by atoms with Crippen molar-refractivity contribution in [2.75, 3.05) is 5.32 Å². The van der Waals surface area contributed by atoms with Crippen LogP contribution in [0.25, 0.3) is 0 Å². The van der Waals surface area contributed by atoms with Crippen LogP contribution in [0.5, 0.6) is 0 Å². The van der Waals surface area contributed by atoms with Gasteiger partial charge in [-0.25, -0.2) is 8.78 Å². The number of amides is 1. The summed E-state index contributed by atoms with van der Waals surface area (Å²) in [7, 11) is 0. The van der Waals surface area contributed by atoms with Crippen molar-refractivity contribution in [2.45, 2.75) is 36.3 Å². The molecule has 0 unspecified atom stereocenters. The first-order chi connectivity index (χ1) is 11.0. The molecule has 5 heteroatoms. The Bertz CT molecular complexity index is 748. The fourth-order valence-corrected chi connectivity index (χ4v) is 3.59. The van der Waals surface area contributed by atoms with Crippen LogP contribution in [0.2, 0.25) is 0 Å². The second-order valence-corrected chi connectivity index (χ2v) is 7.08. The fraction of sp³-hybridized carbons (Fsp3) is 0.278. The van der Waals surface area contributed by atoms with Gasteiger partial charge in [-0.15, -0.1) is 11.8 Å². The molecule has 1 N–H and O–H groups in total. The van der Waals surface area contributed by atoms with Crippen molar-refractivity contribution in [3.63, 3.8) is 0 Å². The Morgan fingerprint density at radius 1 is 1.09 bits per heavy atom. The smallest absolute Gasteiger partial charge is 0.237 e. The number of thioether (sulfide) groups is 1. The molecule has 3 rings (SSSR count). The molecular formula is C18H17F2NOS. The van der Waals surface area contributed by atoms with E-state index in [0.29, 0.717) is 4.90 Å². The molecule has 0 fully saturated rings. The third-order valence-corrected chi connectivity index (χ3v) is 5.03. The highest BCUT2D eigenvalue weighted by Crippen LogP contribution is 2.27. The van der Waals surface area contributed by atoms with Gasteiger partial charge in [-0.05, 0) is 67.6 Å². The number of aryl methyl sites for hydroxylation is 2. The second-order valence-electron chi connectivity index (χ2n) is 5.66. The first-order valence-corrected chi connectivity index (χ1v) is 8.45. The Balaban J connectivity index is 1.64. The number of hydrogen-bond donors (Lipinski definition) is 1. The first-order valence-electron chi connectivity index (χ1n) is 7.57. The van der Waals surface area contributed by atoms with Crippen LogP contribution in [-0.2, 0) is 17.6 Å². The van der Waals surface area contributed by atoms with Crippen LogP contribution in [0.3, 0.4) is 0 Å². The summed E-state index contributed by atoms with van der Waals surface area (Å²) in [6.07, 6.45) is 3.32. The minimum atomic E-state index is -0.902. The summed E-state index contributed by atoms with van der Waals surface area (Å²) in [6, 6.07) is 9.65. The lowest BCUT2D eigenvalue weighted by Crippen LogP contribution is -2.22. The standard InChI is InChI=1S/C18H17F2NOS/c1-11(23-15-7-8-16(19)17(20)10-15)18(22)21-14-6-5-12-3-2-4-13(12)9-14/h5-11H,2-4H2,1H3,(H,21,22)/t11-/m1/s1. The number of hydrogen-bond acceptors (Lipinski definition) is 2. The monoisotopic (exact) mass is 333 g/mol. The fourth-order valence-electron chi connectivity index (χ4n) is 2.70. The molecule has 1 amide bonds. The Morgan fingerprint density at radius 3 is 2.65 bits per heavy atom. The zero-order chi connectivity index (χ0) is 16.4. The lowest BCUT2D eigenvalue weighted by molar-refractivity contribution is -0.115. The summed E-state index contributed by atoms with van der Waals surface area (Å²) in [5.41, 5.74) is 3.43. The van der Waals surface area contributed by atoms with E-state index in [0.717, 1.165) is 37.1 Å². The Kier molecular flexibility index (Phi) is 4.66. The van der Waals surface area contributed by atoms with Crippen molar-refractivity contribution in [3.8, 4) is 0 Å². The zero-order valence-corrected chi connectivity index (χ0v) is 13.6. The predicted molar refractivity (Wildman–Crippen MR) is 88.8 cm³/mol. The number of carbonyl (C=O) groups excluding carboxylic acids is 1. The molecule has 0 bridgehead atoms. The zero-order valence-electron chi connectivity index (χ0n) is 12.7. The Morgan fingerprint density at radius 2 is 1.87 bits per heavy atom. The number of benzene rings is 2. The number of anilines is 1. The average Bonchev–Trinajstić information content (AvgIpc) is 2.98. The summed E-state index contributed by atoms with van der Waals surface area (Å²) in [5, 5.41) is 2.48. The van der Waals surface area contributed by atoms with E-state index < -0.39 is 16.9 Å². The quantitative estimate of drug-likeness (QED) is 0.830. The number of halogens is 2. The van der Waals surface area contributed by atoms with E-state index in [1.165, 1.54) is 29.0 Å². The van der Waals surface area contributed by atoms with Crippen LogP contribution in [-0.4, -0.2) is 11.2 Å². The van der Waals surface area contributed by atoms with Crippen LogP contribution in [0.1, 0.15) is 24.5 Å². The van der Waals surface area contributed by atoms with Gasteiger partial charge in [0.1, 0.15) is 0 Å². The molecule has 0 radical (unpaired) electrons. The van der Waals surface area contributed by atoms with Crippen LogP contribution in [0.15, 0.2) is 41.3 Å². The number of nitrogens with one attached hydrogen (secondary N) is 1. The van der Waals surface area contributed by atoms with E-state index in [4.69, 9.17) is 0 Å². The highest BCUT2D eigenvalue weighted by Gasteiger charge is 2.17. The van der Waals surface area contributed by atoms with Gasteiger partial charge in [-0.1, -0.05) is 6.07 Å². The summed E-state index contributed by atoms with van der Waals surface area (Å²) in [4.78, 5) is 12.8. The topological polar surface area (TPSA) is 29.1 Å². The van der Waals surface area contributed by atoms with E-state index in [2.05, 4.69) is 11.4 Å². The lowest BCUT2D eigenvalue weighted by atomic mass is 10.1. The van der Waals surface area contributed by atoms with E-state index in [9.17, 15) is 13.6 Å². The largest absolute Gasteiger partial charge is 0.325 e. The second kappa shape index (κ2) is 6.71. The molecule has 0 aliphatic heterocycles. The molecule has 23 heavy (non-hydrogen) atoms. The van der Waals surface area contributed by atoms with Gasteiger partial charge in [-0.3, -0.25) is 4.79 Å². The average molecular weight is 333 g/mol.